The molecule has 2 aromatic heterocycles. The molecular weight excluding hydrogens is 408 g/mol. The first kappa shape index (κ1) is 19.6. The van der Waals surface area contributed by atoms with Crippen LogP contribution in [0.1, 0.15) is 34.1 Å². The van der Waals surface area contributed by atoms with E-state index in [1.807, 2.05) is 0 Å². The van der Waals surface area contributed by atoms with Crippen LogP contribution in [0.4, 0.5) is 23.5 Å². The molecule has 0 unspecified atom stereocenters. The molecule has 0 saturated heterocycles. The second-order valence-electron chi connectivity index (χ2n) is 6.92. The molecule has 2 heterocycles. The maximum Gasteiger partial charge on any atom is 0.425 e. The zero-order valence-electron chi connectivity index (χ0n) is 15.0. The van der Waals surface area contributed by atoms with Crippen molar-refractivity contribution in [2.75, 3.05) is 5.32 Å². The van der Waals surface area contributed by atoms with Crippen molar-refractivity contribution in [3.63, 3.8) is 0 Å². The Kier molecular flexibility index (Phi) is 5.12. The molecule has 0 spiro atoms. The fraction of sp³-hybridized carbons (Fsp3) is 0.316. The summed E-state index contributed by atoms with van der Waals surface area (Å²) < 4.78 is 52.2. The Labute approximate surface area is 167 Å². The van der Waals surface area contributed by atoms with Crippen molar-refractivity contribution in [1.82, 2.24) is 14.5 Å². The second kappa shape index (κ2) is 7.58. The van der Waals surface area contributed by atoms with Crippen LogP contribution < -0.4 is 11.0 Å². The molecule has 1 aromatic carbocycles. The van der Waals surface area contributed by atoms with Crippen LogP contribution in [0.5, 0.6) is 0 Å². The molecular formula is C19H16F4N4OS. The van der Waals surface area contributed by atoms with E-state index in [1.54, 1.807) is 12.1 Å². The number of aromatic nitrogens is 3. The molecule has 0 atom stereocenters. The van der Waals surface area contributed by atoms with Crippen LogP contribution in [0, 0.1) is 5.82 Å². The highest BCUT2D eigenvalue weighted by atomic mass is 32.1. The minimum absolute atomic E-state index is 0.0179. The summed E-state index contributed by atoms with van der Waals surface area (Å²) in [5, 5.41) is 3.09. The fourth-order valence-electron chi connectivity index (χ4n) is 3.24. The number of benzene rings is 1. The molecule has 4 rings (SSSR count). The molecule has 1 saturated carbocycles. The van der Waals surface area contributed by atoms with E-state index in [0.717, 1.165) is 24.5 Å². The van der Waals surface area contributed by atoms with Crippen molar-refractivity contribution in [3.05, 3.63) is 74.3 Å². The SMILES string of the molecule is O=c1nc(NC2CC(c3ccc(F)cc3)C2)ncn1Cc1ccc(C(F)(F)F)s1. The number of anilines is 1. The van der Waals surface area contributed by atoms with Gasteiger partial charge in [0.05, 0.1) is 6.54 Å². The Bertz CT molecular complexity index is 1060. The summed E-state index contributed by atoms with van der Waals surface area (Å²) in [6.45, 7) is -0.0179. The maximum absolute atomic E-state index is 13.0. The summed E-state index contributed by atoms with van der Waals surface area (Å²) >= 11 is 0.591. The largest absolute Gasteiger partial charge is 0.425 e. The lowest BCUT2D eigenvalue weighted by atomic mass is 9.76. The monoisotopic (exact) mass is 424 g/mol. The third kappa shape index (κ3) is 4.47. The Balaban J connectivity index is 1.35. The van der Waals surface area contributed by atoms with Crippen molar-refractivity contribution < 1.29 is 17.6 Å². The number of thiophene rings is 1. The Morgan fingerprint density at radius 1 is 1.14 bits per heavy atom. The van der Waals surface area contributed by atoms with E-state index in [4.69, 9.17) is 0 Å². The van der Waals surface area contributed by atoms with E-state index in [2.05, 4.69) is 15.3 Å². The summed E-state index contributed by atoms with van der Waals surface area (Å²) in [7, 11) is 0. The Morgan fingerprint density at radius 2 is 1.86 bits per heavy atom. The lowest BCUT2D eigenvalue weighted by Crippen LogP contribution is -2.36. The first-order chi connectivity index (χ1) is 13.8. The topological polar surface area (TPSA) is 59.8 Å². The van der Waals surface area contributed by atoms with Gasteiger partial charge in [0.15, 0.2) is 0 Å². The quantitative estimate of drug-likeness (QED) is 0.622. The van der Waals surface area contributed by atoms with Crippen molar-refractivity contribution >= 4 is 17.3 Å². The van der Waals surface area contributed by atoms with Gasteiger partial charge in [0, 0.05) is 10.9 Å². The highest BCUT2D eigenvalue weighted by Crippen LogP contribution is 2.38. The van der Waals surface area contributed by atoms with Crippen molar-refractivity contribution in [2.24, 2.45) is 0 Å². The smallest absolute Gasteiger partial charge is 0.351 e. The van der Waals surface area contributed by atoms with Gasteiger partial charge in [-0.05, 0) is 48.6 Å². The summed E-state index contributed by atoms with van der Waals surface area (Å²) in [5.74, 6) is 0.236. The zero-order valence-corrected chi connectivity index (χ0v) is 15.8. The number of halogens is 4. The number of rotatable bonds is 5. The highest BCUT2D eigenvalue weighted by molar-refractivity contribution is 7.12. The summed E-state index contributed by atoms with van der Waals surface area (Å²) in [5.41, 5.74) is 0.480. The highest BCUT2D eigenvalue weighted by Gasteiger charge is 2.32. The van der Waals surface area contributed by atoms with Crippen LogP contribution in [0.2, 0.25) is 0 Å². The third-order valence-corrected chi connectivity index (χ3v) is 5.96. The maximum atomic E-state index is 13.0. The third-order valence-electron chi connectivity index (χ3n) is 4.85. The van der Waals surface area contributed by atoms with Gasteiger partial charge in [-0.15, -0.1) is 11.3 Å². The summed E-state index contributed by atoms with van der Waals surface area (Å²) in [6, 6.07) is 8.85. The second-order valence-corrected chi connectivity index (χ2v) is 8.08. The number of hydrogen-bond donors (Lipinski definition) is 1. The van der Waals surface area contributed by atoms with Gasteiger partial charge in [0.25, 0.3) is 0 Å². The average Bonchev–Trinajstić information content (AvgIpc) is 3.10. The molecule has 152 valence electrons. The van der Waals surface area contributed by atoms with Crippen molar-refractivity contribution in [1.29, 1.82) is 0 Å². The van der Waals surface area contributed by atoms with E-state index in [1.165, 1.54) is 29.1 Å². The van der Waals surface area contributed by atoms with E-state index < -0.39 is 16.7 Å². The number of nitrogens with one attached hydrogen (secondary N) is 1. The Hall–Kier alpha value is -2.75. The molecule has 0 bridgehead atoms. The molecule has 1 aliphatic rings. The molecule has 10 heteroatoms. The zero-order chi connectivity index (χ0) is 20.6. The minimum Gasteiger partial charge on any atom is -0.351 e. The predicted octanol–water partition coefficient (Wildman–Crippen LogP) is 4.26. The van der Waals surface area contributed by atoms with Gasteiger partial charge in [-0.2, -0.15) is 18.2 Å². The lowest BCUT2D eigenvalue weighted by molar-refractivity contribution is -0.134. The van der Waals surface area contributed by atoms with E-state index in [0.29, 0.717) is 22.1 Å². The molecule has 5 nitrogen and oxygen atoms in total. The average molecular weight is 424 g/mol. The van der Waals surface area contributed by atoms with E-state index >= 15 is 0 Å². The van der Waals surface area contributed by atoms with Crippen LogP contribution in [0.3, 0.4) is 0 Å². The molecule has 0 aliphatic heterocycles. The molecule has 1 fully saturated rings. The molecule has 1 aliphatic carbocycles. The number of hydrogen-bond acceptors (Lipinski definition) is 5. The number of nitrogens with zero attached hydrogens (tertiary/aromatic N) is 3. The van der Waals surface area contributed by atoms with Crippen LogP contribution in [-0.4, -0.2) is 20.6 Å². The van der Waals surface area contributed by atoms with Gasteiger partial charge in [-0.3, -0.25) is 4.57 Å². The molecule has 0 radical (unpaired) electrons. The van der Waals surface area contributed by atoms with Gasteiger partial charge in [-0.25, -0.2) is 14.2 Å². The van der Waals surface area contributed by atoms with Gasteiger partial charge in [0.1, 0.15) is 17.0 Å². The van der Waals surface area contributed by atoms with Crippen LogP contribution >= 0.6 is 11.3 Å². The van der Waals surface area contributed by atoms with Crippen LogP contribution in [0.25, 0.3) is 0 Å². The first-order valence-corrected chi connectivity index (χ1v) is 9.71. The Morgan fingerprint density at radius 3 is 2.48 bits per heavy atom. The molecule has 3 aromatic rings. The summed E-state index contributed by atoms with van der Waals surface area (Å²) in [4.78, 5) is 19.8. The van der Waals surface area contributed by atoms with Gasteiger partial charge < -0.3 is 5.32 Å². The minimum atomic E-state index is -4.40. The van der Waals surface area contributed by atoms with E-state index in [9.17, 15) is 22.4 Å². The lowest BCUT2D eigenvalue weighted by Gasteiger charge is -2.36. The normalized spacial score (nSPS) is 19.0. The molecule has 0 amide bonds. The van der Waals surface area contributed by atoms with Gasteiger partial charge in [-0.1, -0.05) is 12.1 Å². The van der Waals surface area contributed by atoms with Crippen LogP contribution in [-0.2, 0) is 12.7 Å². The number of alkyl halides is 3. The van der Waals surface area contributed by atoms with E-state index in [-0.39, 0.29) is 24.4 Å². The fourth-order valence-corrected chi connectivity index (χ4v) is 4.12. The van der Waals surface area contributed by atoms with Crippen molar-refractivity contribution in [2.45, 2.75) is 37.5 Å². The van der Waals surface area contributed by atoms with Crippen molar-refractivity contribution in [3.8, 4) is 0 Å². The molecule has 1 N–H and O–H groups in total. The van der Waals surface area contributed by atoms with Gasteiger partial charge >= 0.3 is 11.9 Å². The standard InChI is InChI=1S/C19H16F4N4OS/c20-13-3-1-11(2-4-13)12-7-14(8-12)25-17-24-10-27(18(28)26-17)9-15-5-6-16(29-15)19(21,22)23/h1-6,10,12,14H,7-9H2,(H,25,26,28). The van der Waals surface area contributed by atoms with Crippen LogP contribution in [0.15, 0.2) is 47.5 Å². The van der Waals surface area contributed by atoms with Gasteiger partial charge in [0.2, 0.25) is 5.95 Å². The predicted molar refractivity (Wildman–Crippen MR) is 101 cm³/mol. The first-order valence-electron chi connectivity index (χ1n) is 8.89. The summed E-state index contributed by atoms with van der Waals surface area (Å²) in [6.07, 6.45) is -1.49. The molecule has 29 heavy (non-hydrogen) atoms.